The van der Waals surface area contributed by atoms with Gasteiger partial charge in [-0.25, -0.2) is 4.98 Å². The Balaban J connectivity index is 2.44. The molecule has 1 aromatic rings. The first kappa shape index (κ1) is 11.2. The Morgan fingerprint density at radius 2 is 2.29 bits per heavy atom. The molecular formula is C10H19N3O. The number of nitrogens with one attached hydrogen (secondary N) is 1. The maximum atomic E-state index is 9.54. The molecule has 1 heterocycles. The highest BCUT2D eigenvalue weighted by Crippen LogP contribution is 2.09. The zero-order chi connectivity index (χ0) is 10.6. The van der Waals surface area contributed by atoms with E-state index in [0.717, 1.165) is 25.2 Å². The Hall–Kier alpha value is -0.870. The average Bonchev–Trinajstić information content (AvgIpc) is 2.49. The highest BCUT2D eigenvalue weighted by molar-refractivity contribution is 4.95. The molecule has 0 fully saturated rings. The van der Waals surface area contributed by atoms with E-state index in [4.69, 9.17) is 0 Å². The average molecular weight is 197 g/mol. The Labute approximate surface area is 85.0 Å². The lowest BCUT2D eigenvalue weighted by molar-refractivity contribution is 0.0662. The van der Waals surface area contributed by atoms with E-state index in [1.54, 1.807) is 6.33 Å². The topological polar surface area (TPSA) is 50.1 Å². The summed E-state index contributed by atoms with van der Waals surface area (Å²) in [6.45, 7) is 5.23. The lowest BCUT2D eigenvalue weighted by atomic mass is 10.1. The van der Waals surface area contributed by atoms with Crippen LogP contribution in [0.2, 0.25) is 0 Å². The van der Waals surface area contributed by atoms with Gasteiger partial charge in [-0.05, 0) is 27.3 Å². The number of hydrogen-bond donors (Lipinski definition) is 2. The third-order valence-corrected chi connectivity index (χ3v) is 2.03. The van der Waals surface area contributed by atoms with Gasteiger partial charge in [-0.1, -0.05) is 0 Å². The van der Waals surface area contributed by atoms with Gasteiger partial charge in [0, 0.05) is 19.3 Å². The SMILES string of the molecule is CNCc1cn(CCC(C)(C)O)cn1. The van der Waals surface area contributed by atoms with E-state index < -0.39 is 5.60 Å². The van der Waals surface area contributed by atoms with Gasteiger partial charge in [0.1, 0.15) is 0 Å². The molecule has 0 amide bonds. The van der Waals surface area contributed by atoms with Crippen LogP contribution >= 0.6 is 0 Å². The second kappa shape index (κ2) is 4.57. The van der Waals surface area contributed by atoms with Crippen molar-refractivity contribution < 1.29 is 5.11 Å². The van der Waals surface area contributed by atoms with Gasteiger partial charge in [0.05, 0.1) is 17.6 Å². The zero-order valence-corrected chi connectivity index (χ0v) is 9.12. The van der Waals surface area contributed by atoms with Crippen molar-refractivity contribution in [3.05, 3.63) is 18.2 Å². The van der Waals surface area contributed by atoms with E-state index in [2.05, 4.69) is 10.3 Å². The van der Waals surface area contributed by atoms with Crippen molar-refractivity contribution in [2.24, 2.45) is 0 Å². The molecule has 2 N–H and O–H groups in total. The molecule has 0 atom stereocenters. The number of aryl methyl sites for hydroxylation is 1. The van der Waals surface area contributed by atoms with E-state index in [-0.39, 0.29) is 0 Å². The fourth-order valence-corrected chi connectivity index (χ4v) is 1.20. The molecular weight excluding hydrogens is 178 g/mol. The van der Waals surface area contributed by atoms with Gasteiger partial charge in [0.25, 0.3) is 0 Å². The molecule has 80 valence electrons. The van der Waals surface area contributed by atoms with Gasteiger partial charge in [0.15, 0.2) is 0 Å². The summed E-state index contributed by atoms with van der Waals surface area (Å²) in [5.41, 5.74) is 0.427. The van der Waals surface area contributed by atoms with Crippen molar-refractivity contribution in [2.75, 3.05) is 7.05 Å². The summed E-state index contributed by atoms with van der Waals surface area (Å²) in [5, 5.41) is 12.6. The summed E-state index contributed by atoms with van der Waals surface area (Å²) in [5.74, 6) is 0. The predicted octanol–water partition coefficient (Wildman–Crippen LogP) is 0.763. The van der Waals surface area contributed by atoms with E-state index in [1.807, 2.05) is 31.7 Å². The van der Waals surface area contributed by atoms with Gasteiger partial charge < -0.3 is 15.0 Å². The van der Waals surface area contributed by atoms with Gasteiger partial charge in [-0.2, -0.15) is 0 Å². The van der Waals surface area contributed by atoms with Gasteiger partial charge in [-0.15, -0.1) is 0 Å². The van der Waals surface area contributed by atoms with Crippen molar-refractivity contribution >= 4 is 0 Å². The summed E-state index contributed by atoms with van der Waals surface area (Å²) in [6, 6.07) is 0. The minimum atomic E-state index is -0.604. The molecule has 0 aromatic carbocycles. The van der Waals surface area contributed by atoms with Crippen LogP contribution in [0, 0.1) is 0 Å². The predicted molar refractivity (Wildman–Crippen MR) is 55.9 cm³/mol. The van der Waals surface area contributed by atoms with Gasteiger partial charge in [-0.3, -0.25) is 0 Å². The van der Waals surface area contributed by atoms with Gasteiger partial charge in [0.2, 0.25) is 0 Å². The molecule has 4 nitrogen and oxygen atoms in total. The number of aromatic nitrogens is 2. The zero-order valence-electron chi connectivity index (χ0n) is 9.12. The Morgan fingerprint density at radius 3 is 2.86 bits per heavy atom. The summed E-state index contributed by atoms with van der Waals surface area (Å²) >= 11 is 0. The van der Waals surface area contributed by atoms with E-state index >= 15 is 0 Å². The summed E-state index contributed by atoms with van der Waals surface area (Å²) in [6.07, 6.45) is 4.54. The standard InChI is InChI=1S/C10H19N3O/c1-10(2,14)4-5-13-7-9(6-11-3)12-8-13/h7-8,11,14H,4-6H2,1-3H3. The Morgan fingerprint density at radius 1 is 1.57 bits per heavy atom. The highest BCUT2D eigenvalue weighted by atomic mass is 16.3. The third-order valence-electron chi connectivity index (χ3n) is 2.03. The first-order chi connectivity index (χ1) is 6.51. The molecule has 0 unspecified atom stereocenters. The summed E-state index contributed by atoms with van der Waals surface area (Å²) in [4.78, 5) is 4.23. The van der Waals surface area contributed by atoms with Crippen LogP contribution in [-0.2, 0) is 13.1 Å². The van der Waals surface area contributed by atoms with Crippen molar-refractivity contribution in [1.29, 1.82) is 0 Å². The van der Waals surface area contributed by atoms with Crippen molar-refractivity contribution in [3.8, 4) is 0 Å². The lowest BCUT2D eigenvalue weighted by Gasteiger charge is -2.16. The minimum Gasteiger partial charge on any atom is -0.390 e. The summed E-state index contributed by atoms with van der Waals surface area (Å²) < 4.78 is 2.00. The number of hydrogen-bond acceptors (Lipinski definition) is 3. The fourth-order valence-electron chi connectivity index (χ4n) is 1.20. The molecule has 0 saturated carbocycles. The van der Waals surface area contributed by atoms with Crippen LogP contribution in [0.3, 0.4) is 0 Å². The van der Waals surface area contributed by atoms with Crippen LogP contribution in [0.5, 0.6) is 0 Å². The van der Waals surface area contributed by atoms with E-state index in [9.17, 15) is 5.11 Å². The maximum Gasteiger partial charge on any atom is 0.0949 e. The first-order valence-electron chi connectivity index (χ1n) is 4.89. The number of nitrogens with zero attached hydrogens (tertiary/aromatic N) is 2. The van der Waals surface area contributed by atoms with Crippen LogP contribution in [0.1, 0.15) is 26.0 Å². The molecule has 0 saturated heterocycles. The monoisotopic (exact) mass is 197 g/mol. The minimum absolute atomic E-state index is 0.604. The van der Waals surface area contributed by atoms with Crippen molar-refractivity contribution in [1.82, 2.24) is 14.9 Å². The molecule has 0 aliphatic heterocycles. The van der Waals surface area contributed by atoms with Crippen molar-refractivity contribution in [2.45, 2.75) is 39.0 Å². The smallest absolute Gasteiger partial charge is 0.0949 e. The summed E-state index contributed by atoms with van der Waals surface area (Å²) in [7, 11) is 1.90. The Bertz CT molecular complexity index is 275. The second-order valence-electron chi connectivity index (χ2n) is 4.20. The molecule has 0 bridgehead atoms. The maximum absolute atomic E-state index is 9.54. The Kier molecular flexibility index (Phi) is 3.66. The molecule has 0 radical (unpaired) electrons. The van der Waals surface area contributed by atoms with Crippen LogP contribution in [0.25, 0.3) is 0 Å². The number of aliphatic hydroxyl groups is 1. The first-order valence-corrected chi connectivity index (χ1v) is 4.89. The van der Waals surface area contributed by atoms with Crippen LogP contribution in [-0.4, -0.2) is 27.3 Å². The molecule has 0 aliphatic carbocycles. The highest BCUT2D eigenvalue weighted by Gasteiger charge is 2.11. The molecule has 0 spiro atoms. The van der Waals surface area contributed by atoms with Crippen LogP contribution < -0.4 is 5.32 Å². The van der Waals surface area contributed by atoms with Crippen LogP contribution in [0.15, 0.2) is 12.5 Å². The molecule has 14 heavy (non-hydrogen) atoms. The largest absolute Gasteiger partial charge is 0.390 e. The van der Waals surface area contributed by atoms with E-state index in [1.165, 1.54) is 0 Å². The quantitative estimate of drug-likeness (QED) is 0.733. The van der Waals surface area contributed by atoms with Gasteiger partial charge >= 0.3 is 0 Å². The van der Waals surface area contributed by atoms with Crippen LogP contribution in [0.4, 0.5) is 0 Å². The van der Waals surface area contributed by atoms with E-state index in [0.29, 0.717) is 0 Å². The number of rotatable bonds is 5. The normalized spacial score (nSPS) is 12.0. The second-order valence-corrected chi connectivity index (χ2v) is 4.20. The third kappa shape index (κ3) is 3.89. The molecule has 0 aliphatic rings. The molecule has 1 rings (SSSR count). The molecule has 1 aromatic heterocycles. The number of imidazole rings is 1. The molecule has 4 heteroatoms. The fraction of sp³-hybridized carbons (Fsp3) is 0.700. The lowest BCUT2D eigenvalue weighted by Crippen LogP contribution is -2.20. The van der Waals surface area contributed by atoms with Crippen molar-refractivity contribution in [3.63, 3.8) is 0 Å².